The van der Waals surface area contributed by atoms with Crippen molar-refractivity contribution in [1.82, 2.24) is 9.13 Å². The van der Waals surface area contributed by atoms with Gasteiger partial charge in [-0.15, -0.1) is 0 Å². The molecule has 0 fully saturated rings. The van der Waals surface area contributed by atoms with Gasteiger partial charge in [-0.25, -0.2) is 13.7 Å². The number of para-hydroxylation sites is 1. The third-order valence-corrected chi connectivity index (χ3v) is 3.20. The Hall–Kier alpha value is -2.03. The van der Waals surface area contributed by atoms with Crippen molar-refractivity contribution in [3.8, 4) is 5.95 Å². The van der Waals surface area contributed by atoms with E-state index in [1.165, 1.54) is 16.9 Å². The van der Waals surface area contributed by atoms with E-state index in [4.69, 9.17) is 0 Å². The lowest BCUT2D eigenvalue weighted by molar-refractivity contribution is -0.664. The summed E-state index contributed by atoms with van der Waals surface area (Å²) in [5.74, 6) is 1.19. The Morgan fingerprint density at radius 3 is 2.76 bits per heavy atom. The zero-order valence-corrected chi connectivity index (χ0v) is 10.2. The van der Waals surface area contributed by atoms with Gasteiger partial charge in [-0.1, -0.05) is 18.2 Å². The number of hydrogen-bond acceptors (Lipinski definition) is 0. The highest BCUT2D eigenvalue weighted by Crippen LogP contribution is 2.18. The van der Waals surface area contributed by atoms with Crippen molar-refractivity contribution in [3.63, 3.8) is 0 Å². The fourth-order valence-corrected chi connectivity index (χ4v) is 2.33. The summed E-state index contributed by atoms with van der Waals surface area (Å²) in [6.45, 7) is 3.14. The van der Waals surface area contributed by atoms with Crippen molar-refractivity contribution in [2.45, 2.75) is 13.5 Å². The summed E-state index contributed by atoms with van der Waals surface area (Å²) in [7, 11) is 2.08. The molecule has 0 N–H and O–H groups in total. The average molecular weight is 226 g/mol. The molecule has 0 bridgehead atoms. The van der Waals surface area contributed by atoms with Crippen molar-refractivity contribution in [2.75, 3.05) is 0 Å². The van der Waals surface area contributed by atoms with Gasteiger partial charge in [0.15, 0.2) is 0 Å². The third-order valence-electron chi connectivity index (χ3n) is 3.20. The molecule has 0 aliphatic carbocycles. The van der Waals surface area contributed by atoms with Crippen LogP contribution in [0.4, 0.5) is 0 Å². The van der Waals surface area contributed by atoms with Crippen molar-refractivity contribution in [3.05, 3.63) is 48.9 Å². The Bertz CT molecular complexity index is 661. The Morgan fingerprint density at radius 2 is 1.94 bits per heavy atom. The van der Waals surface area contributed by atoms with Crippen LogP contribution in [0.3, 0.4) is 0 Å². The van der Waals surface area contributed by atoms with Gasteiger partial charge < -0.3 is 0 Å². The largest absolute Gasteiger partial charge is 0.369 e. The number of benzene rings is 1. The standard InChI is InChI=1S/C14H16N3/c1-3-16-11-10-15(2)14(16)17-9-8-12-6-4-5-7-13(12)17/h4-11H,3H2,1-2H3/q+1. The second kappa shape index (κ2) is 3.77. The van der Waals surface area contributed by atoms with Gasteiger partial charge in [0.2, 0.25) is 0 Å². The van der Waals surface area contributed by atoms with Crippen LogP contribution in [0.15, 0.2) is 48.9 Å². The van der Waals surface area contributed by atoms with Crippen LogP contribution >= 0.6 is 0 Å². The minimum atomic E-state index is 0.975. The highest BCUT2D eigenvalue weighted by molar-refractivity contribution is 5.81. The Kier molecular flexibility index (Phi) is 2.25. The monoisotopic (exact) mass is 226 g/mol. The Morgan fingerprint density at radius 1 is 1.12 bits per heavy atom. The predicted octanol–water partition coefficient (Wildman–Crippen LogP) is 2.28. The van der Waals surface area contributed by atoms with Crippen LogP contribution in [0, 0.1) is 0 Å². The van der Waals surface area contributed by atoms with Gasteiger partial charge in [-0.2, -0.15) is 0 Å². The molecule has 3 aromatic rings. The van der Waals surface area contributed by atoms with Gasteiger partial charge >= 0.3 is 5.95 Å². The van der Waals surface area contributed by atoms with E-state index in [0.717, 1.165) is 6.54 Å². The number of fused-ring (bicyclic) bond motifs is 1. The SMILES string of the molecule is CCn1cc[n+](C)c1-n1ccc2ccccc21. The van der Waals surface area contributed by atoms with Crippen LogP contribution in [0.1, 0.15) is 6.92 Å². The fraction of sp³-hybridized carbons (Fsp3) is 0.214. The molecule has 0 atom stereocenters. The number of aryl methyl sites for hydroxylation is 2. The Balaban J connectivity index is 2.30. The van der Waals surface area contributed by atoms with Crippen LogP contribution in [0.25, 0.3) is 16.9 Å². The molecule has 0 radical (unpaired) electrons. The van der Waals surface area contributed by atoms with Gasteiger partial charge in [0.05, 0.1) is 32.2 Å². The van der Waals surface area contributed by atoms with Gasteiger partial charge in [-0.3, -0.25) is 0 Å². The topological polar surface area (TPSA) is 13.7 Å². The first-order valence-corrected chi connectivity index (χ1v) is 5.92. The summed E-state index contributed by atoms with van der Waals surface area (Å²) < 4.78 is 6.63. The molecule has 3 rings (SSSR count). The summed E-state index contributed by atoms with van der Waals surface area (Å²) in [6.07, 6.45) is 6.34. The molecule has 0 aliphatic rings. The second-order valence-corrected chi connectivity index (χ2v) is 4.24. The van der Waals surface area contributed by atoms with Gasteiger partial charge in [-0.05, 0) is 19.1 Å². The average Bonchev–Trinajstić information content (AvgIpc) is 2.92. The third kappa shape index (κ3) is 1.46. The molecular weight excluding hydrogens is 210 g/mol. The maximum atomic E-state index is 2.24. The first-order valence-electron chi connectivity index (χ1n) is 5.92. The molecule has 0 saturated carbocycles. The summed E-state index contributed by atoms with van der Waals surface area (Å²) in [6, 6.07) is 10.6. The van der Waals surface area contributed by atoms with Crippen molar-refractivity contribution < 1.29 is 4.57 Å². The molecule has 86 valence electrons. The van der Waals surface area contributed by atoms with Crippen LogP contribution in [0.2, 0.25) is 0 Å². The van der Waals surface area contributed by atoms with Crippen LogP contribution in [0.5, 0.6) is 0 Å². The van der Waals surface area contributed by atoms with E-state index in [2.05, 4.69) is 76.6 Å². The zero-order valence-electron chi connectivity index (χ0n) is 10.2. The molecular formula is C14H16N3+. The van der Waals surface area contributed by atoms with E-state index in [1.807, 2.05) is 0 Å². The summed E-state index contributed by atoms with van der Waals surface area (Å²) in [5.41, 5.74) is 1.25. The van der Waals surface area contributed by atoms with E-state index >= 15 is 0 Å². The number of aromatic nitrogens is 3. The van der Waals surface area contributed by atoms with E-state index in [-0.39, 0.29) is 0 Å². The highest BCUT2D eigenvalue weighted by Gasteiger charge is 2.17. The molecule has 0 aliphatic heterocycles. The maximum absolute atomic E-state index is 2.24. The number of hydrogen-bond donors (Lipinski definition) is 0. The van der Waals surface area contributed by atoms with E-state index in [0.29, 0.717) is 0 Å². The summed E-state index contributed by atoms with van der Waals surface area (Å²) >= 11 is 0. The van der Waals surface area contributed by atoms with Crippen LogP contribution < -0.4 is 4.57 Å². The lowest BCUT2D eigenvalue weighted by Gasteiger charge is -2.02. The van der Waals surface area contributed by atoms with Gasteiger partial charge in [0.1, 0.15) is 5.52 Å². The fourth-order valence-electron chi connectivity index (χ4n) is 2.33. The van der Waals surface area contributed by atoms with Crippen molar-refractivity contribution >= 4 is 10.9 Å². The number of imidazole rings is 1. The molecule has 0 spiro atoms. The molecule has 17 heavy (non-hydrogen) atoms. The first-order chi connectivity index (χ1) is 8.31. The first kappa shape index (κ1) is 10.1. The van der Waals surface area contributed by atoms with Crippen molar-refractivity contribution in [1.29, 1.82) is 0 Å². The molecule has 2 heterocycles. The molecule has 0 saturated heterocycles. The van der Waals surface area contributed by atoms with Crippen molar-refractivity contribution in [2.24, 2.45) is 7.05 Å². The quantitative estimate of drug-likeness (QED) is 0.595. The normalized spacial score (nSPS) is 11.2. The smallest absolute Gasteiger partial charge is 0.237 e. The van der Waals surface area contributed by atoms with Gasteiger partial charge in [0.25, 0.3) is 0 Å². The molecule has 0 unspecified atom stereocenters. The van der Waals surface area contributed by atoms with E-state index in [9.17, 15) is 0 Å². The molecule has 2 aromatic heterocycles. The highest BCUT2D eigenvalue weighted by atomic mass is 15.3. The number of nitrogens with zero attached hydrogens (tertiary/aromatic N) is 3. The minimum Gasteiger partial charge on any atom is -0.237 e. The van der Waals surface area contributed by atoms with E-state index in [1.54, 1.807) is 0 Å². The lowest BCUT2D eigenvalue weighted by atomic mass is 10.2. The summed E-state index contributed by atoms with van der Waals surface area (Å²) in [5, 5.41) is 1.27. The summed E-state index contributed by atoms with van der Waals surface area (Å²) in [4.78, 5) is 0. The minimum absolute atomic E-state index is 0.975. The second-order valence-electron chi connectivity index (χ2n) is 4.24. The van der Waals surface area contributed by atoms with Gasteiger partial charge in [0, 0.05) is 5.39 Å². The lowest BCUT2D eigenvalue weighted by Crippen LogP contribution is -2.32. The zero-order chi connectivity index (χ0) is 11.8. The van der Waals surface area contributed by atoms with Crippen LogP contribution in [-0.4, -0.2) is 9.13 Å². The number of rotatable bonds is 2. The Labute approximate surface area is 101 Å². The predicted molar refractivity (Wildman–Crippen MR) is 68.1 cm³/mol. The maximum Gasteiger partial charge on any atom is 0.369 e. The van der Waals surface area contributed by atoms with E-state index < -0.39 is 0 Å². The molecule has 3 nitrogen and oxygen atoms in total. The molecule has 0 amide bonds. The molecule has 3 heteroatoms. The van der Waals surface area contributed by atoms with Crippen LogP contribution in [-0.2, 0) is 13.6 Å². The molecule has 1 aromatic carbocycles.